The number of nitrogens with zero attached hydrogens (tertiary/aromatic N) is 1. The van der Waals surface area contributed by atoms with E-state index in [9.17, 15) is 0 Å². The topological polar surface area (TPSA) is 3.24 Å². The minimum absolute atomic E-state index is 0.638. The molecule has 2 heterocycles. The molecule has 1 saturated heterocycles. The van der Waals surface area contributed by atoms with Crippen LogP contribution in [0.2, 0.25) is 0 Å². The van der Waals surface area contributed by atoms with Crippen molar-refractivity contribution >= 4 is 11.3 Å². The Morgan fingerprint density at radius 3 is 2.46 bits per heavy atom. The molecule has 1 aromatic rings. The highest BCUT2D eigenvalue weighted by atomic mass is 32.1. The van der Waals surface area contributed by atoms with Crippen LogP contribution in [0.3, 0.4) is 0 Å². The maximum atomic E-state index is 2.55. The molecule has 0 saturated carbocycles. The van der Waals surface area contributed by atoms with Gasteiger partial charge in [-0.15, -0.1) is 11.3 Å². The van der Waals surface area contributed by atoms with Crippen molar-refractivity contribution in [1.82, 2.24) is 4.90 Å². The SMILES string of the molecule is Cc1cc(C(C)N2CCC2)c(C)s1. The molecule has 1 aromatic heterocycles. The molecule has 1 nitrogen and oxygen atoms in total. The highest BCUT2D eigenvalue weighted by molar-refractivity contribution is 7.12. The molecule has 1 unspecified atom stereocenters. The maximum Gasteiger partial charge on any atom is 0.0330 e. The van der Waals surface area contributed by atoms with Crippen molar-refractivity contribution < 1.29 is 0 Å². The highest BCUT2D eigenvalue weighted by Gasteiger charge is 2.23. The summed E-state index contributed by atoms with van der Waals surface area (Å²) in [5, 5.41) is 0. The Hall–Kier alpha value is -0.340. The van der Waals surface area contributed by atoms with E-state index in [2.05, 4.69) is 31.7 Å². The zero-order valence-corrected chi connectivity index (χ0v) is 9.45. The first-order chi connectivity index (χ1) is 6.18. The fourth-order valence-corrected chi connectivity index (χ4v) is 3.01. The predicted molar refractivity (Wildman–Crippen MR) is 58.4 cm³/mol. The molecule has 2 rings (SSSR count). The zero-order chi connectivity index (χ0) is 9.42. The molecule has 0 N–H and O–H groups in total. The van der Waals surface area contributed by atoms with Crippen molar-refractivity contribution in [2.75, 3.05) is 13.1 Å². The average Bonchev–Trinajstić information content (AvgIpc) is 2.26. The van der Waals surface area contributed by atoms with Gasteiger partial charge in [0.1, 0.15) is 0 Å². The fourth-order valence-electron chi connectivity index (χ4n) is 1.99. The van der Waals surface area contributed by atoms with Crippen LogP contribution in [0.4, 0.5) is 0 Å². The summed E-state index contributed by atoms with van der Waals surface area (Å²) in [4.78, 5) is 5.49. The first-order valence-electron chi connectivity index (χ1n) is 4.99. The summed E-state index contributed by atoms with van der Waals surface area (Å²) < 4.78 is 0. The summed E-state index contributed by atoms with van der Waals surface area (Å²) in [5.74, 6) is 0. The van der Waals surface area contributed by atoms with Crippen molar-refractivity contribution in [3.05, 3.63) is 21.4 Å². The van der Waals surface area contributed by atoms with Gasteiger partial charge in [-0.1, -0.05) is 0 Å². The molecule has 0 aliphatic carbocycles. The minimum Gasteiger partial charge on any atom is -0.296 e. The molecule has 1 fully saturated rings. The maximum absolute atomic E-state index is 2.55. The van der Waals surface area contributed by atoms with Crippen LogP contribution in [0.5, 0.6) is 0 Å². The van der Waals surface area contributed by atoms with E-state index in [1.807, 2.05) is 11.3 Å². The van der Waals surface area contributed by atoms with Gasteiger partial charge in [-0.3, -0.25) is 4.90 Å². The monoisotopic (exact) mass is 195 g/mol. The van der Waals surface area contributed by atoms with E-state index < -0.39 is 0 Å². The molecule has 1 atom stereocenters. The third kappa shape index (κ3) is 1.65. The van der Waals surface area contributed by atoms with Crippen LogP contribution in [0.25, 0.3) is 0 Å². The standard InChI is InChI=1S/C11H17NS/c1-8-7-11(10(3)13-8)9(2)12-5-4-6-12/h7,9H,4-6H2,1-3H3. The third-order valence-corrected chi connectivity index (χ3v) is 3.95. The van der Waals surface area contributed by atoms with Gasteiger partial charge in [0.05, 0.1) is 0 Å². The molecule has 1 aliphatic rings. The molecule has 72 valence electrons. The number of thiophene rings is 1. The van der Waals surface area contributed by atoms with Crippen molar-refractivity contribution in [1.29, 1.82) is 0 Å². The van der Waals surface area contributed by atoms with Crippen molar-refractivity contribution in [2.45, 2.75) is 33.2 Å². The van der Waals surface area contributed by atoms with Crippen molar-refractivity contribution in [3.8, 4) is 0 Å². The van der Waals surface area contributed by atoms with Crippen molar-refractivity contribution in [2.24, 2.45) is 0 Å². The van der Waals surface area contributed by atoms with Gasteiger partial charge in [0.15, 0.2) is 0 Å². The van der Waals surface area contributed by atoms with Crippen LogP contribution in [0.1, 0.15) is 34.7 Å². The van der Waals surface area contributed by atoms with E-state index in [4.69, 9.17) is 0 Å². The Balaban J connectivity index is 2.18. The molecule has 0 spiro atoms. The smallest absolute Gasteiger partial charge is 0.0330 e. The molecular weight excluding hydrogens is 178 g/mol. The highest BCUT2D eigenvalue weighted by Crippen LogP contribution is 2.31. The van der Waals surface area contributed by atoms with Gasteiger partial charge in [-0.25, -0.2) is 0 Å². The molecule has 0 amide bonds. The quantitative estimate of drug-likeness (QED) is 0.701. The molecule has 2 heteroatoms. The Bertz CT molecular complexity index is 299. The molecule has 0 aromatic carbocycles. The van der Waals surface area contributed by atoms with E-state index in [0.29, 0.717) is 6.04 Å². The van der Waals surface area contributed by atoms with E-state index >= 15 is 0 Å². The van der Waals surface area contributed by atoms with Crippen LogP contribution >= 0.6 is 11.3 Å². The largest absolute Gasteiger partial charge is 0.296 e. The van der Waals surface area contributed by atoms with Gasteiger partial charge < -0.3 is 0 Å². The Morgan fingerprint density at radius 2 is 2.08 bits per heavy atom. The number of hydrogen-bond donors (Lipinski definition) is 0. The summed E-state index contributed by atoms with van der Waals surface area (Å²) in [5.41, 5.74) is 1.54. The number of rotatable bonds is 2. The van der Waals surface area contributed by atoms with Crippen LogP contribution in [0, 0.1) is 13.8 Å². The molecular formula is C11H17NS. The van der Waals surface area contributed by atoms with E-state index in [0.717, 1.165) is 0 Å². The normalized spacial score (nSPS) is 19.9. The van der Waals surface area contributed by atoms with Gasteiger partial charge in [0.25, 0.3) is 0 Å². The lowest BCUT2D eigenvalue weighted by molar-refractivity contribution is 0.128. The van der Waals surface area contributed by atoms with Gasteiger partial charge in [-0.2, -0.15) is 0 Å². The lowest BCUT2D eigenvalue weighted by Gasteiger charge is -2.36. The van der Waals surface area contributed by atoms with Gasteiger partial charge >= 0.3 is 0 Å². The van der Waals surface area contributed by atoms with Gasteiger partial charge in [-0.05, 0) is 51.9 Å². The van der Waals surface area contributed by atoms with Crippen LogP contribution in [-0.2, 0) is 0 Å². The first-order valence-corrected chi connectivity index (χ1v) is 5.81. The lowest BCUT2D eigenvalue weighted by atomic mass is 10.0. The second kappa shape index (κ2) is 3.43. The summed E-state index contributed by atoms with van der Waals surface area (Å²) in [6.45, 7) is 9.34. The number of likely N-dealkylation sites (tertiary alicyclic amines) is 1. The molecule has 0 bridgehead atoms. The molecule has 1 aliphatic heterocycles. The van der Waals surface area contributed by atoms with E-state index in [-0.39, 0.29) is 0 Å². The Kier molecular flexibility index (Phi) is 2.43. The third-order valence-electron chi connectivity index (χ3n) is 2.97. The summed E-state index contributed by atoms with van der Waals surface area (Å²) in [7, 11) is 0. The number of hydrogen-bond acceptors (Lipinski definition) is 2. The first kappa shape index (κ1) is 9.22. The molecule has 0 radical (unpaired) electrons. The average molecular weight is 195 g/mol. The summed E-state index contributed by atoms with van der Waals surface area (Å²) >= 11 is 1.92. The predicted octanol–water partition coefficient (Wildman–Crippen LogP) is 3.13. The van der Waals surface area contributed by atoms with Crippen LogP contribution < -0.4 is 0 Å². The van der Waals surface area contributed by atoms with Gasteiger partial charge in [0.2, 0.25) is 0 Å². The Morgan fingerprint density at radius 1 is 1.38 bits per heavy atom. The van der Waals surface area contributed by atoms with E-state index in [1.54, 1.807) is 5.56 Å². The van der Waals surface area contributed by atoms with E-state index in [1.165, 1.54) is 29.3 Å². The van der Waals surface area contributed by atoms with Crippen LogP contribution in [-0.4, -0.2) is 18.0 Å². The Labute approximate surface area is 84.4 Å². The molecule has 13 heavy (non-hydrogen) atoms. The summed E-state index contributed by atoms with van der Waals surface area (Å²) in [6, 6.07) is 2.99. The summed E-state index contributed by atoms with van der Waals surface area (Å²) in [6.07, 6.45) is 1.38. The van der Waals surface area contributed by atoms with Crippen molar-refractivity contribution in [3.63, 3.8) is 0 Å². The second-order valence-corrected chi connectivity index (χ2v) is 5.39. The van der Waals surface area contributed by atoms with Crippen LogP contribution in [0.15, 0.2) is 6.07 Å². The number of aryl methyl sites for hydroxylation is 2. The lowest BCUT2D eigenvalue weighted by Crippen LogP contribution is -2.39. The fraction of sp³-hybridized carbons (Fsp3) is 0.636. The zero-order valence-electron chi connectivity index (χ0n) is 8.63. The second-order valence-electron chi connectivity index (χ2n) is 3.93. The minimum atomic E-state index is 0.638. The van der Waals surface area contributed by atoms with Gasteiger partial charge in [0, 0.05) is 15.8 Å².